The summed E-state index contributed by atoms with van der Waals surface area (Å²) in [7, 11) is 0. The summed E-state index contributed by atoms with van der Waals surface area (Å²) in [6, 6.07) is -2.60. The van der Waals surface area contributed by atoms with Crippen LogP contribution in [0.15, 0.2) is 5.18 Å². The number of aliphatic carboxylic acids is 2. The predicted molar refractivity (Wildman–Crippen MR) is 72.9 cm³/mol. The number of carbonyl (C=O) groups is 4. The highest BCUT2D eigenvalue weighted by atomic mass is 32.1. The zero-order valence-corrected chi connectivity index (χ0v) is 11.7. The van der Waals surface area contributed by atoms with E-state index in [-0.39, 0.29) is 18.6 Å². The third-order valence-electron chi connectivity index (χ3n) is 2.31. The molecule has 0 heterocycles. The van der Waals surface area contributed by atoms with E-state index in [9.17, 15) is 24.1 Å². The molecular formula is C10H15N3O7S. The molecular weight excluding hydrogens is 306 g/mol. The van der Waals surface area contributed by atoms with Gasteiger partial charge in [-0.15, -0.1) is 4.91 Å². The lowest BCUT2D eigenvalue weighted by Crippen LogP contribution is -2.49. The van der Waals surface area contributed by atoms with Crippen LogP contribution < -0.4 is 10.6 Å². The lowest BCUT2D eigenvalue weighted by molar-refractivity contribution is -0.139. The fourth-order valence-electron chi connectivity index (χ4n) is 1.24. The van der Waals surface area contributed by atoms with Gasteiger partial charge in [0.1, 0.15) is 12.6 Å². The summed E-state index contributed by atoms with van der Waals surface area (Å²) in [6.07, 6.45) is -0.625. The van der Waals surface area contributed by atoms with Gasteiger partial charge in [-0.2, -0.15) is 12.6 Å². The number of hydrogen-bond donors (Lipinski definition) is 5. The molecule has 2 amide bonds. The molecule has 11 heteroatoms. The molecule has 0 rings (SSSR count). The second-order valence-corrected chi connectivity index (χ2v) is 4.28. The van der Waals surface area contributed by atoms with Crippen LogP contribution in [0, 0.1) is 4.91 Å². The minimum absolute atomic E-state index is 0.0779. The summed E-state index contributed by atoms with van der Waals surface area (Å²) in [4.78, 5) is 54.1. The largest absolute Gasteiger partial charge is 0.480 e. The second-order valence-electron chi connectivity index (χ2n) is 3.91. The van der Waals surface area contributed by atoms with E-state index in [4.69, 9.17) is 10.2 Å². The molecule has 0 saturated heterocycles. The summed E-state index contributed by atoms with van der Waals surface area (Å²) >= 11 is 3.85. The van der Waals surface area contributed by atoms with Crippen LogP contribution in [0.3, 0.4) is 0 Å². The van der Waals surface area contributed by atoms with Crippen molar-refractivity contribution in [2.24, 2.45) is 5.18 Å². The molecule has 0 bridgehead atoms. The number of nitroso groups, excluding NO2 is 1. The molecule has 0 radical (unpaired) electrons. The Balaban J connectivity index is 4.32. The molecule has 0 aliphatic heterocycles. The van der Waals surface area contributed by atoms with Gasteiger partial charge in [-0.25, -0.2) is 4.79 Å². The number of rotatable bonds is 10. The number of nitrogens with zero attached hydrogens (tertiary/aromatic N) is 1. The number of amides is 2. The van der Waals surface area contributed by atoms with Crippen LogP contribution >= 0.6 is 12.6 Å². The quantitative estimate of drug-likeness (QED) is 0.244. The van der Waals surface area contributed by atoms with E-state index in [0.717, 1.165) is 0 Å². The molecule has 10 nitrogen and oxygen atoms in total. The van der Waals surface area contributed by atoms with Crippen molar-refractivity contribution in [2.45, 2.75) is 24.9 Å². The van der Waals surface area contributed by atoms with E-state index in [2.05, 4.69) is 28.4 Å². The van der Waals surface area contributed by atoms with E-state index in [1.54, 1.807) is 0 Å². The molecule has 0 aromatic rings. The van der Waals surface area contributed by atoms with Crippen LogP contribution in [0.2, 0.25) is 0 Å². The van der Waals surface area contributed by atoms with Gasteiger partial charge in [-0.1, -0.05) is 5.18 Å². The number of carboxylic acids is 2. The van der Waals surface area contributed by atoms with Crippen molar-refractivity contribution in [1.29, 1.82) is 0 Å². The molecule has 0 fully saturated rings. The molecule has 2 unspecified atom stereocenters. The van der Waals surface area contributed by atoms with E-state index in [0.29, 0.717) is 0 Å². The van der Waals surface area contributed by atoms with E-state index in [1.807, 2.05) is 0 Å². The Hall–Kier alpha value is -2.17. The Bertz CT molecular complexity index is 429. The second kappa shape index (κ2) is 9.69. The third-order valence-corrected chi connectivity index (χ3v) is 2.67. The van der Waals surface area contributed by atoms with Crippen LogP contribution in [0.25, 0.3) is 0 Å². The SMILES string of the molecule is O=NC(CCC(=O)NC(CS)C(=O)NCC(=O)O)C(=O)O. The minimum Gasteiger partial charge on any atom is -0.480 e. The van der Waals surface area contributed by atoms with Crippen molar-refractivity contribution < 1.29 is 29.4 Å². The maximum absolute atomic E-state index is 11.5. The molecule has 21 heavy (non-hydrogen) atoms. The highest BCUT2D eigenvalue weighted by Crippen LogP contribution is 2.02. The number of carboxylic acid groups (broad SMARTS) is 2. The smallest absolute Gasteiger partial charge is 0.332 e. The summed E-state index contributed by atoms with van der Waals surface area (Å²) in [5, 5.41) is 23.6. The molecule has 0 aromatic carbocycles. The van der Waals surface area contributed by atoms with Crippen molar-refractivity contribution in [3.63, 3.8) is 0 Å². The van der Waals surface area contributed by atoms with E-state index >= 15 is 0 Å². The van der Waals surface area contributed by atoms with Gasteiger partial charge in [0.25, 0.3) is 0 Å². The Morgan fingerprint density at radius 3 is 2.24 bits per heavy atom. The fourth-order valence-corrected chi connectivity index (χ4v) is 1.49. The average molecular weight is 321 g/mol. The lowest BCUT2D eigenvalue weighted by Gasteiger charge is -2.15. The Morgan fingerprint density at radius 1 is 1.19 bits per heavy atom. The number of carbonyl (C=O) groups excluding carboxylic acids is 2. The van der Waals surface area contributed by atoms with E-state index in [1.165, 1.54) is 0 Å². The summed E-state index contributed by atoms with van der Waals surface area (Å²) in [5.41, 5.74) is 0. The van der Waals surface area contributed by atoms with Crippen molar-refractivity contribution in [2.75, 3.05) is 12.3 Å². The van der Waals surface area contributed by atoms with Crippen LogP contribution in [0.1, 0.15) is 12.8 Å². The van der Waals surface area contributed by atoms with Gasteiger partial charge in [0.2, 0.25) is 11.8 Å². The Kier molecular flexibility index (Phi) is 8.69. The van der Waals surface area contributed by atoms with Crippen molar-refractivity contribution in [1.82, 2.24) is 10.6 Å². The van der Waals surface area contributed by atoms with Gasteiger partial charge >= 0.3 is 11.9 Å². The summed E-state index contributed by atoms with van der Waals surface area (Å²) in [5.74, 6) is -4.17. The van der Waals surface area contributed by atoms with Gasteiger partial charge in [0.15, 0.2) is 6.04 Å². The van der Waals surface area contributed by atoms with Gasteiger partial charge in [0, 0.05) is 12.2 Å². The van der Waals surface area contributed by atoms with Gasteiger partial charge < -0.3 is 20.8 Å². The van der Waals surface area contributed by atoms with Crippen LogP contribution in [0.5, 0.6) is 0 Å². The van der Waals surface area contributed by atoms with Gasteiger partial charge in [0.05, 0.1) is 0 Å². The average Bonchev–Trinajstić information content (AvgIpc) is 2.42. The highest BCUT2D eigenvalue weighted by Gasteiger charge is 2.22. The first-order valence-electron chi connectivity index (χ1n) is 5.76. The molecule has 2 atom stereocenters. The number of nitrogens with one attached hydrogen (secondary N) is 2. The first kappa shape index (κ1) is 18.8. The van der Waals surface area contributed by atoms with Gasteiger partial charge in [-0.3, -0.25) is 14.4 Å². The first-order chi connectivity index (χ1) is 9.81. The molecule has 0 aromatic heterocycles. The molecule has 0 aliphatic carbocycles. The number of hydrogen-bond acceptors (Lipinski definition) is 7. The molecule has 0 aliphatic rings. The number of thiol groups is 1. The van der Waals surface area contributed by atoms with Crippen molar-refractivity contribution >= 4 is 36.4 Å². The molecule has 0 saturated carbocycles. The van der Waals surface area contributed by atoms with Gasteiger partial charge in [-0.05, 0) is 6.42 Å². The van der Waals surface area contributed by atoms with Crippen molar-refractivity contribution in [3.8, 4) is 0 Å². The molecule has 0 spiro atoms. The Labute approximate surface area is 124 Å². The highest BCUT2D eigenvalue weighted by molar-refractivity contribution is 7.80. The zero-order chi connectivity index (χ0) is 16.4. The zero-order valence-electron chi connectivity index (χ0n) is 10.8. The minimum atomic E-state index is -1.54. The maximum atomic E-state index is 11.5. The monoisotopic (exact) mass is 321 g/mol. The summed E-state index contributed by atoms with van der Waals surface area (Å²) in [6.45, 7) is -0.602. The van der Waals surface area contributed by atoms with Crippen LogP contribution in [0.4, 0.5) is 0 Å². The Morgan fingerprint density at radius 2 is 1.81 bits per heavy atom. The summed E-state index contributed by atoms with van der Waals surface area (Å²) < 4.78 is 0. The standard InChI is InChI=1S/C10H15N3O7S/c14-7(2-1-5(13-20)10(18)19)12-6(4-21)9(17)11-3-8(15)16/h5-6,21H,1-4H2,(H,11,17)(H,12,14)(H,15,16)(H,18,19). The topological polar surface area (TPSA) is 162 Å². The van der Waals surface area contributed by atoms with E-state index < -0.39 is 42.4 Å². The fraction of sp³-hybridized carbons (Fsp3) is 0.600. The van der Waals surface area contributed by atoms with Crippen LogP contribution in [-0.2, 0) is 19.2 Å². The predicted octanol–water partition coefficient (Wildman–Crippen LogP) is -1.40. The third kappa shape index (κ3) is 7.87. The normalized spacial score (nSPS) is 12.8. The van der Waals surface area contributed by atoms with Crippen LogP contribution in [-0.4, -0.2) is 58.3 Å². The molecule has 4 N–H and O–H groups in total. The van der Waals surface area contributed by atoms with Crippen molar-refractivity contribution in [3.05, 3.63) is 4.91 Å². The lowest BCUT2D eigenvalue weighted by atomic mass is 10.1. The molecule has 118 valence electrons. The maximum Gasteiger partial charge on any atom is 0.332 e. The first-order valence-corrected chi connectivity index (χ1v) is 6.40.